The van der Waals surface area contributed by atoms with Gasteiger partial charge in [0.05, 0.1) is 17.9 Å². The zero-order valence-electron chi connectivity index (χ0n) is 13.5. The third kappa shape index (κ3) is 5.36. The number of hydrogen-bond acceptors (Lipinski definition) is 3. The fourth-order valence-electron chi connectivity index (χ4n) is 3.70. The quantitative estimate of drug-likeness (QED) is 0.799. The first kappa shape index (κ1) is 19.0. The molecule has 1 amide bonds. The molecule has 5 nitrogen and oxygen atoms in total. The van der Waals surface area contributed by atoms with Gasteiger partial charge in [0.2, 0.25) is 5.91 Å². The van der Waals surface area contributed by atoms with Crippen LogP contribution >= 0.6 is 0 Å². The van der Waals surface area contributed by atoms with Gasteiger partial charge in [0, 0.05) is 19.6 Å². The van der Waals surface area contributed by atoms with Crippen molar-refractivity contribution in [2.24, 2.45) is 11.8 Å². The molecule has 0 spiro atoms. The lowest BCUT2D eigenvalue weighted by atomic mass is 9.79. The van der Waals surface area contributed by atoms with Crippen LogP contribution in [0.4, 0.5) is 13.2 Å². The number of aliphatic carboxylic acids is 1. The molecule has 2 fully saturated rings. The van der Waals surface area contributed by atoms with Gasteiger partial charge in [-0.3, -0.25) is 9.59 Å². The van der Waals surface area contributed by atoms with Crippen LogP contribution in [0.15, 0.2) is 0 Å². The van der Waals surface area contributed by atoms with E-state index >= 15 is 0 Å². The molecular formula is C16H24F3NO4. The van der Waals surface area contributed by atoms with E-state index < -0.39 is 23.6 Å². The van der Waals surface area contributed by atoms with Crippen molar-refractivity contribution < 1.29 is 32.6 Å². The molecule has 1 saturated carbocycles. The van der Waals surface area contributed by atoms with Gasteiger partial charge in [0.1, 0.15) is 0 Å². The maximum Gasteiger partial charge on any atom is 0.391 e. The van der Waals surface area contributed by atoms with Gasteiger partial charge in [-0.05, 0) is 44.4 Å². The molecule has 1 saturated heterocycles. The van der Waals surface area contributed by atoms with Gasteiger partial charge in [-0.15, -0.1) is 0 Å². The van der Waals surface area contributed by atoms with Crippen molar-refractivity contribution in [1.29, 1.82) is 0 Å². The van der Waals surface area contributed by atoms with Gasteiger partial charge >= 0.3 is 12.1 Å². The van der Waals surface area contributed by atoms with Gasteiger partial charge in [-0.2, -0.15) is 13.2 Å². The van der Waals surface area contributed by atoms with Crippen LogP contribution in [0.3, 0.4) is 0 Å². The molecule has 1 aliphatic heterocycles. The van der Waals surface area contributed by atoms with Crippen molar-refractivity contribution >= 4 is 11.9 Å². The van der Waals surface area contributed by atoms with E-state index in [1.54, 1.807) is 0 Å². The summed E-state index contributed by atoms with van der Waals surface area (Å²) in [6.07, 6.45) is -2.39. The lowest BCUT2D eigenvalue weighted by Gasteiger charge is -2.37. The minimum Gasteiger partial charge on any atom is -0.481 e. The first-order chi connectivity index (χ1) is 11.2. The Morgan fingerprint density at radius 1 is 1.12 bits per heavy atom. The number of carbonyl (C=O) groups is 2. The van der Waals surface area contributed by atoms with Crippen LogP contribution in [0, 0.1) is 11.8 Å². The number of amides is 1. The second-order valence-electron chi connectivity index (χ2n) is 6.97. The minimum atomic E-state index is -4.15. The first-order valence-electron chi connectivity index (χ1n) is 8.37. The molecular weight excluding hydrogens is 327 g/mol. The topological polar surface area (TPSA) is 75.6 Å². The predicted molar refractivity (Wildman–Crippen MR) is 79.3 cm³/mol. The van der Waals surface area contributed by atoms with Crippen molar-refractivity contribution in [2.45, 2.75) is 63.1 Å². The van der Waals surface area contributed by atoms with Gasteiger partial charge in [0.25, 0.3) is 0 Å². The number of carboxylic acids is 1. The summed E-state index contributed by atoms with van der Waals surface area (Å²) in [5.41, 5.74) is -0.801. The van der Waals surface area contributed by atoms with E-state index in [2.05, 4.69) is 5.32 Å². The molecule has 0 radical (unpaired) electrons. The smallest absolute Gasteiger partial charge is 0.391 e. The zero-order valence-corrected chi connectivity index (χ0v) is 13.5. The zero-order chi connectivity index (χ0) is 17.8. The van der Waals surface area contributed by atoms with Crippen LogP contribution in [0.2, 0.25) is 0 Å². The van der Waals surface area contributed by atoms with E-state index in [9.17, 15) is 22.8 Å². The SMILES string of the molecule is O=C(O)CC1(NC(=O)CC2CCC(C(F)(F)F)CC2)CCOCC1. The van der Waals surface area contributed by atoms with Crippen LogP contribution in [0.1, 0.15) is 51.4 Å². The number of nitrogens with one attached hydrogen (secondary N) is 1. The summed E-state index contributed by atoms with van der Waals surface area (Å²) in [6.45, 7) is 0.786. The Morgan fingerprint density at radius 2 is 1.71 bits per heavy atom. The fourth-order valence-corrected chi connectivity index (χ4v) is 3.70. The second kappa shape index (κ2) is 7.72. The molecule has 24 heavy (non-hydrogen) atoms. The maximum atomic E-state index is 12.7. The Kier molecular flexibility index (Phi) is 6.11. The summed E-state index contributed by atoms with van der Waals surface area (Å²) in [6, 6.07) is 0. The summed E-state index contributed by atoms with van der Waals surface area (Å²) in [7, 11) is 0. The molecule has 0 aromatic heterocycles. The Balaban J connectivity index is 1.84. The monoisotopic (exact) mass is 351 g/mol. The highest BCUT2D eigenvalue weighted by atomic mass is 19.4. The van der Waals surface area contributed by atoms with Crippen LogP contribution in [-0.4, -0.2) is 41.9 Å². The van der Waals surface area contributed by atoms with Crippen molar-refractivity contribution in [3.63, 3.8) is 0 Å². The van der Waals surface area contributed by atoms with Gasteiger partial charge in [-0.25, -0.2) is 0 Å². The predicted octanol–water partition coefficient (Wildman–Crippen LogP) is 2.89. The highest BCUT2D eigenvalue weighted by Gasteiger charge is 2.42. The molecule has 1 heterocycles. The summed E-state index contributed by atoms with van der Waals surface area (Å²) in [5, 5.41) is 11.9. The molecule has 1 aliphatic carbocycles. The number of halogens is 3. The van der Waals surface area contributed by atoms with Crippen molar-refractivity contribution in [3.05, 3.63) is 0 Å². The molecule has 8 heteroatoms. The Morgan fingerprint density at radius 3 is 2.21 bits per heavy atom. The summed E-state index contributed by atoms with van der Waals surface area (Å²) >= 11 is 0. The van der Waals surface area contributed by atoms with Crippen molar-refractivity contribution in [3.8, 4) is 0 Å². The average Bonchev–Trinajstić information content (AvgIpc) is 2.46. The third-order valence-electron chi connectivity index (χ3n) is 5.13. The molecule has 0 bridgehead atoms. The Hall–Kier alpha value is -1.31. The van der Waals surface area contributed by atoms with E-state index in [0.29, 0.717) is 38.9 Å². The number of carbonyl (C=O) groups excluding carboxylic acids is 1. The van der Waals surface area contributed by atoms with E-state index in [-0.39, 0.29) is 37.5 Å². The summed E-state index contributed by atoms with van der Waals surface area (Å²) < 4.78 is 43.2. The van der Waals surface area contributed by atoms with Crippen LogP contribution in [-0.2, 0) is 14.3 Å². The minimum absolute atomic E-state index is 0.0645. The lowest BCUT2D eigenvalue weighted by Crippen LogP contribution is -2.53. The average molecular weight is 351 g/mol. The molecule has 138 valence electrons. The number of rotatable bonds is 5. The van der Waals surface area contributed by atoms with Crippen molar-refractivity contribution in [1.82, 2.24) is 5.32 Å². The third-order valence-corrected chi connectivity index (χ3v) is 5.13. The number of hydrogen-bond donors (Lipinski definition) is 2. The van der Waals surface area contributed by atoms with Gasteiger partial charge in [0.15, 0.2) is 0 Å². The van der Waals surface area contributed by atoms with E-state index in [1.807, 2.05) is 0 Å². The number of alkyl halides is 3. The van der Waals surface area contributed by atoms with Crippen LogP contribution in [0.25, 0.3) is 0 Å². The van der Waals surface area contributed by atoms with Gasteiger partial charge < -0.3 is 15.2 Å². The first-order valence-corrected chi connectivity index (χ1v) is 8.37. The van der Waals surface area contributed by atoms with Crippen LogP contribution in [0.5, 0.6) is 0 Å². The molecule has 2 aliphatic rings. The maximum absolute atomic E-state index is 12.7. The summed E-state index contributed by atoms with van der Waals surface area (Å²) in [5.74, 6) is -2.58. The molecule has 2 rings (SSSR count). The van der Waals surface area contributed by atoms with E-state index in [1.165, 1.54) is 0 Å². The van der Waals surface area contributed by atoms with Gasteiger partial charge in [-0.1, -0.05) is 0 Å². The highest BCUT2D eigenvalue weighted by molar-refractivity contribution is 5.78. The molecule has 0 unspecified atom stereocenters. The fraction of sp³-hybridized carbons (Fsp3) is 0.875. The largest absolute Gasteiger partial charge is 0.481 e. The molecule has 0 aromatic carbocycles. The van der Waals surface area contributed by atoms with E-state index in [0.717, 1.165) is 0 Å². The number of ether oxygens (including phenoxy) is 1. The Bertz CT molecular complexity index is 453. The normalized spacial score (nSPS) is 27.5. The number of carboxylic acid groups (broad SMARTS) is 1. The molecule has 0 aromatic rings. The summed E-state index contributed by atoms with van der Waals surface area (Å²) in [4.78, 5) is 23.4. The second-order valence-corrected chi connectivity index (χ2v) is 6.97. The van der Waals surface area contributed by atoms with Crippen LogP contribution < -0.4 is 5.32 Å². The highest BCUT2D eigenvalue weighted by Crippen LogP contribution is 2.40. The molecule has 2 N–H and O–H groups in total. The lowest BCUT2D eigenvalue weighted by molar-refractivity contribution is -0.184. The molecule has 0 atom stereocenters. The van der Waals surface area contributed by atoms with E-state index in [4.69, 9.17) is 9.84 Å². The standard InChI is InChI=1S/C16H24F3NO4/c17-16(18,19)12-3-1-11(2-4-12)9-13(21)20-15(10-14(22)23)5-7-24-8-6-15/h11-12H,1-10H2,(H,20,21)(H,22,23). The van der Waals surface area contributed by atoms with Crippen molar-refractivity contribution in [2.75, 3.05) is 13.2 Å². The Labute approximate surface area is 138 Å².